The summed E-state index contributed by atoms with van der Waals surface area (Å²) in [6.45, 7) is 0.802. The first-order valence-corrected chi connectivity index (χ1v) is 5.18. The van der Waals surface area contributed by atoms with Crippen LogP contribution in [0.4, 0.5) is 10.1 Å². The maximum absolute atomic E-state index is 13.5. The normalized spacial score (nSPS) is 10.5. The summed E-state index contributed by atoms with van der Waals surface area (Å²) in [6, 6.07) is 4.72. The van der Waals surface area contributed by atoms with Crippen LogP contribution in [0.15, 0.2) is 18.2 Å². The number of benzene rings is 1. The molecule has 0 fully saturated rings. The van der Waals surface area contributed by atoms with Crippen LogP contribution in [0.2, 0.25) is 0 Å². The topological polar surface area (TPSA) is 69.7 Å². The number of aliphatic hydroxyl groups is 2. The van der Waals surface area contributed by atoms with Crippen LogP contribution in [0.5, 0.6) is 0 Å². The number of anilines is 1. The van der Waals surface area contributed by atoms with Gasteiger partial charge in [0.15, 0.2) is 0 Å². The average Bonchev–Trinajstić information content (AvgIpc) is 2.28. The standard InChI is InChI=1S/C11H17FN2O2/c12-11-7-10(2-1-9(11)8-13)14(3-5-15)4-6-16/h1-2,7,15-16H,3-6,8,13H2. The number of nitrogens with two attached hydrogens (primary N) is 1. The monoisotopic (exact) mass is 228 g/mol. The van der Waals surface area contributed by atoms with Crippen molar-refractivity contribution in [2.75, 3.05) is 31.2 Å². The maximum Gasteiger partial charge on any atom is 0.129 e. The van der Waals surface area contributed by atoms with Crippen LogP contribution in [0.25, 0.3) is 0 Å². The minimum Gasteiger partial charge on any atom is -0.395 e. The summed E-state index contributed by atoms with van der Waals surface area (Å²) in [5, 5.41) is 17.7. The van der Waals surface area contributed by atoms with Crippen LogP contribution in [-0.4, -0.2) is 36.5 Å². The highest BCUT2D eigenvalue weighted by Gasteiger charge is 2.08. The van der Waals surface area contributed by atoms with E-state index in [4.69, 9.17) is 15.9 Å². The lowest BCUT2D eigenvalue weighted by Gasteiger charge is -2.23. The Morgan fingerprint density at radius 2 is 1.81 bits per heavy atom. The van der Waals surface area contributed by atoms with Crippen molar-refractivity contribution >= 4 is 5.69 Å². The fourth-order valence-corrected chi connectivity index (χ4v) is 1.51. The molecular weight excluding hydrogens is 211 g/mol. The molecule has 90 valence electrons. The summed E-state index contributed by atoms with van der Waals surface area (Å²) in [4.78, 5) is 1.71. The van der Waals surface area contributed by atoms with E-state index in [9.17, 15) is 4.39 Å². The van der Waals surface area contributed by atoms with Crippen molar-refractivity contribution in [3.05, 3.63) is 29.6 Å². The molecule has 0 aliphatic heterocycles. The quantitative estimate of drug-likeness (QED) is 0.644. The van der Waals surface area contributed by atoms with Crippen molar-refractivity contribution in [1.82, 2.24) is 0 Å². The molecule has 0 atom stereocenters. The van der Waals surface area contributed by atoms with E-state index in [0.717, 1.165) is 0 Å². The van der Waals surface area contributed by atoms with Crippen LogP contribution >= 0.6 is 0 Å². The van der Waals surface area contributed by atoms with E-state index in [1.54, 1.807) is 17.0 Å². The molecule has 4 nitrogen and oxygen atoms in total. The number of halogens is 1. The fraction of sp³-hybridized carbons (Fsp3) is 0.455. The maximum atomic E-state index is 13.5. The van der Waals surface area contributed by atoms with E-state index in [-0.39, 0.29) is 25.6 Å². The lowest BCUT2D eigenvalue weighted by atomic mass is 10.2. The van der Waals surface area contributed by atoms with Crippen molar-refractivity contribution in [2.45, 2.75) is 6.54 Å². The Hall–Kier alpha value is -1.17. The highest BCUT2D eigenvalue weighted by molar-refractivity contribution is 5.48. The van der Waals surface area contributed by atoms with Crippen molar-refractivity contribution in [2.24, 2.45) is 5.73 Å². The van der Waals surface area contributed by atoms with E-state index in [0.29, 0.717) is 24.3 Å². The van der Waals surface area contributed by atoms with E-state index < -0.39 is 0 Å². The first-order valence-electron chi connectivity index (χ1n) is 5.18. The Morgan fingerprint density at radius 3 is 2.25 bits per heavy atom. The van der Waals surface area contributed by atoms with E-state index in [1.165, 1.54) is 6.07 Å². The smallest absolute Gasteiger partial charge is 0.129 e. The second-order valence-corrected chi connectivity index (χ2v) is 3.41. The summed E-state index contributed by atoms with van der Waals surface area (Å²) in [5.74, 6) is -0.360. The zero-order chi connectivity index (χ0) is 12.0. The minimum atomic E-state index is -0.360. The third kappa shape index (κ3) is 3.16. The molecule has 4 N–H and O–H groups in total. The van der Waals surface area contributed by atoms with Gasteiger partial charge < -0.3 is 20.8 Å². The average molecular weight is 228 g/mol. The van der Waals surface area contributed by atoms with Gasteiger partial charge in [0, 0.05) is 30.9 Å². The first kappa shape index (κ1) is 12.9. The van der Waals surface area contributed by atoms with Crippen molar-refractivity contribution < 1.29 is 14.6 Å². The van der Waals surface area contributed by atoms with Crippen LogP contribution in [-0.2, 0) is 6.54 Å². The second-order valence-electron chi connectivity index (χ2n) is 3.41. The molecule has 0 aliphatic carbocycles. The molecule has 0 saturated carbocycles. The predicted molar refractivity (Wildman–Crippen MR) is 60.7 cm³/mol. The summed E-state index contributed by atoms with van der Waals surface area (Å²) in [5.41, 5.74) is 6.45. The van der Waals surface area contributed by atoms with Crippen LogP contribution < -0.4 is 10.6 Å². The largest absolute Gasteiger partial charge is 0.395 e. The van der Waals surface area contributed by atoms with Crippen LogP contribution in [0.1, 0.15) is 5.56 Å². The molecule has 0 spiro atoms. The molecule has 0 heterocycles. The minimum absolute atomic E-state index is 0.0414. The highest BCUT2D eigenvalue weighted by atomic mass is 19.1. The van der Waals surface area contributed by atoms with Gasteiger partial charge in [0.05, 0.1) is 13.2 Å². The number of rotatable bonds is 6. The van der Waals surface area contributed by atoms with Gasteiger partial charge >= 0.3 is 0 Å². The van der Waals surface area contributed by atoms with Gasteiger partial charge in [0.2, 0.25) is 0 Å². The summed E-state index contributed by atoms with van der Waals surface area (Å²) >= 11 is 0. The molecule has 1 rings (SSSR count). The number of nitrogens with zero attached hydrogens (tertiary/aromatic N) is 1. The van der Waals surface area contributed by atoms with Crippen LogP contribution in [0.3, 0.4) is 0 Å². The van der Waals surface area contributed by atoms with Crippen molar-refractivity contribution in [1.29, 1.82) is 0 Å². The van der Waals surface area contributed by atoms with Crippen molar-refractivity contribution in [3.8, 4) is 0 Å². The number of aliphatic hydroxyl groups excluding tert-OH is 2. The van der Waals surface area contributed by atoms with Gasteiger partial charge in [-0.05, 0) is 12.1 Å². The van der Waals surface area contributed by atoms with E-state index in [1.807, 2.05) is 0 Å². The molecule has 0 aliphatic rings. The molecule has 16 heavy (non-hydrogen) atoms. The fourth-order valence-electron chi connectivity index (χ4n) is 1.51. The van der Waals surface area contributed by atoms with Gasteiger partial charge in [-0.25, -0.2) is 4.39 Å². The molecule has 1 aromatic carbocycles. The third-order valence-corrected chi connectivity index (χ3v) is 2.36. The van der Waals surface area contributed by atoms with Gasteiger partial charge in [-0.15, -0.1) is 0 Å². The van der Waals surface area contributed by atoms with Gasteiger partial charge in [0.1, 0.15) is 5.82 Å². The lowest BCUT2D eigenvalue weighted by Crippen LogP contribution is -2.29. The number of hydrogen-bond acceptors (Lipinski definition) is 4. The lowest BCUT2D eigenvalue weighted by molar-refractivity contribution is 0.281. The Labute approximate surface area is 94.1 Å². The summed E-state index contributed by atoms with van der Waals surface area (Å²) in [6.07, 6.45) is 0. The highest BCUT2D eigenvalue weighted by Crippen LogP contribution is 2.18. The number of hydrogen-bond donors (Lipinski definition) is 3. The second kappa shape index (κ2) is 6.42. The molecule has 0 saturated heterocycles. The molecule has 0 aromatic heterocycles. The molecule has 0 radical (unpaired) electrons. The van der Waals surface area contributed by atoms with Gasteiger partial charge in [-0.2, -0.15) is 0 Å². The SMILES string of the molecule is NCc1ccc(N(CCO)CCO)cc1F. The molecule has 5 heteroatoms. The predicted octanol–water partition coefficient (Wildman–Crippen LogP) is 0.0754. The Bertz CT molecular complexity index is 328. The van der Waals surface area contributed by atoms with Crippen LogP contribution in [0, 0.1) is 5.82 Å². The summed E-state index contributed by atoms with van der Waals surface area (Å²) in [7, 11) is 0. The van der Waals surface area contributed by atoms with Crippen molar-refractivity contribution in [3.63, 3.8) is 0 Å². The van der Waals surface area contributed by atoms with Gasteiger partial charge in [-0.1, -0.05) is 6.07 Å². The molecule has 0 bridgehead atoms. The zero-order valence-electron chi connectivity index (χ0n) is 9.06. The Morgan fingerprint density at radius 1 is 1.19 bits per heavy atom. The third-order valence-electron chi connectivity index (χ3n) is 2.36. The van der Waals surface area contributed by atoms with Gasteiger partial charge in [-0.3, -0.25) is 0 Å². The molecule has 0 unspecified atom stereocenters. The molecule has 1 aromatic rings. The molecule has 0 amide bonds. The summed E-state index contributed by atoms with van der Waals surface area (Å²) < 4.78 is 13.5. The zero-order valence-corrected chi connectivity index (χ0v) is 9.06. The van der Waals surface area contributed by atoms with E-state index >= 15 is 0 Å². The first-order chi connectivity index (χ1) is 7.72. The van der Waals surface area contributed by atoms with Gasteiger partial charge in [0.25, 0.3) is 0 Å². The Balaban J connectivity index is 2.87. The van der Waals surface area contributed by atoms with E-state index in [2.05, 4.69) is 0 Å². The molecular formula is C11H17FN2O2. The Kier molecular flexibility index (Phi) is 5.18.